The van der Waals surface area contributed by atoms with Crippen molar-refractivity contribution in [2.75, 3.05) is 14.2 Å². The minimum Gasteiger partial charge on any atom is -0.468 e. The van der Waals surface area contributed by atoms with E-state index >= 15 is 0 Å². The number of methoxy groups -OCH3 is 2. The van der Waals surface area contributed by atoms with Crippen LogP contribution in [0.1, 0.15) is 24.0 Å². The first-order valence-corrected chi connectivity index (χ1v) is 7.10. The summed E-state index contributed by atoms with van der Waals surface area (Å²) in [6, 6.07) is 8.15. The molecule has 0 aromatic heterocycles. The van der Waals surface area contributed by atoms with Crippen molar-refractivity contribution >= 4 is 17.5 Å². The van der Waals surface area contributed by atoms with E-state index in [0.29, 0.717) is 6.42 Å². The van der Waals surface area contributed by atoms with Crippen LogP contribution in [0, 0.1) is 11.3 Å². The largest absolute Gasteiger partial charge is 0.468 e. The number of rotatable bonds is 2. The molecule has 1 aromatic rings. The number of carbonyl (C=O) groups is 2. The first-order chi connectivity index (χ1) is 10.1. The fourth-order valence-electron chi connectivity index (χ4n) is 3.74. The highest BCUT2D eigenvalue weighted by molar-refractivity contribution is 6.04. The molecule has 0 radical (unpaired) electrons. The van der Waals surface area contributed by atoms with Crippen LogP contribution in [0.25, 0.3) is 5.57 Å². The molecule has 1 unspecified atom stereocenters. The van der Waals surface area contributed by atoms with Crippen LogP contribution in [0.5, 0.6) is 0 Å². The number of benzene rings is 1. The van der Waals surface area contributed by atoms with E-state index in [1.54, 1.807) is 0 Å². The van der Waals surface area contributed by atoms with Crippen molar-refractivity contribution in [3.63, 3.8) is 0 Å². The summed E-state index contributed by atoms with van der Waals surface area (Å²) in [6.45, 7) is 0. The lowest BCUT2D eigenvalue weighted by molar-refractivity contribution is -0.171. The maximum Gasteiger partial charge on any atom is 0.324 e. The highest BCUT2D eigenvalue weighted by Crippen LogP contribution is 2.53. The molecule has 21 heavy (non-hydrogen) atoms. The van der Waals surface area contributed by atoms with Gasteiger partial charge in [0.2, 0.25) is 0 Å². The van der Waals surface area contributed by atoms with Crippen molar-refractivity contribution in [1.29, 1.82) is 0 Å². The monoisotopic (exact) mass is 286 g/mol. The standard InChI is InChI=1S/C17H18O4/c1-20-15(18)17(16(19)21-2)10-9-13-12-6-4-3-5-11(12)7-8-14(13)17/h3-6,9,14H,7-8,10H2,1-2H3. The fraction of sp³-hybridized carbons (Fsp3) is 0.412. The lowest BCUT2D eigenvalue weighted by Gasteiger charge is -2.35. The maximum absolute atomic E-state index is 12.3. The van der Waals surface area contributed by atoms with Crippen LogP contribution in [-0.4, -0.2) is 26.2 Å². The molecule has 1 aromatic carbocycles. The van der Waals surface area contributed by atoms with Crippen LogP contribution >= 0.6 is 0 Å². The average Bonchev–Trinajstić information content (AvgIpc) is 2.94. The van der Waals surface area contributed by atoms with Gasteiger partial charge in [-0.25, -0.2) is 0 Å². The van der Waals surface area contributed by atoms with E-state index in [4.69, 9.17) is 9.47 Å². The molecule has 110 valence electrons. The van der Waals surface area contributed by atoms with Gasteiger partial charge in [0, 0.05) is 5.92 Å². The summed E-state index contributed by atoms with van der Waals surface area (Å²) >= 11 is 0. The third-order valence-corrected chi connectivity index (χ3v) is 4.74. The van der Waals surface area contributed by atoms with Crippen LogP contribution in [0.2, 0.25) is 0 Å². The Morgan fingerprint density at radius 1 is 1.14 bits per heavy atom. The Bertz CT molecular complexity index is 613. The number of hydrogen-bond acceptors (Lipinski definition) is 4. The molecule has 2 aliphatic rings. The van der Waals surface area contributed by atoms with Gasteiger partial charge in [0.25, 0.3) is 0 Å². The molecule has 4 heteroatoms. The second-order valence-corrected chi connectivity index (χ2v) is 5.57. The van der Waals surface area contributed by atoms with Gasteiger partial charge in [-0.05, 0) is 36.0 Å². The molecule has 3 rings (SSSR count). The number of carbonyl (C=O) groups excluding carboxylic acids is 2. The van der Waals surface area contributed by atoms with Crippen molar-refractivity contribution in [3.05, 3.63) is 41.5 Å². The predicted molar refractivity (Wildman–Crippen MR) is 77.3 cm³/mol. The van der Waals surface area contributed by atoms with Crippen molar-refractivity contribution in [1.82, 2.24) is 0 Å². The Labute approximate surface area is 123 Å². The zero-order valence-electron chi connectivity index (χ0n) is 12.2. The molecule has 2 aliphatic carbocycles. The van der Waals surface area contributed by atoms with E-state index in [0.717, 1.165) is 24.0 Å². The fourth-order valence-corrected chi connectivity index (χ4v) is 3.74. The second-order valence-electron chi connectivity index (χ2n) is 5.57. The van der Waals surface area contributed by atoms with Crippen LogP contribution < -0.4 is 0 Å². The quantitative estimate of drug-likeness (QED) is 0.618. The molecule has 0 bridgehead atoms. The van der Waals surface area contributed by atoms with Crippen molar-refractivity contribution in [2.24, 2.45) is 11.3 Å². The Balaban J connectivity index is 2.07. The van der Waals surface area contributed by atoms with Crippen LogP contribution in [0.3, 0.4) is 0 Å². The normalized spacial score (nSPS) is 21.8. The Hall–Kier alpha value is -2.10. The molecule has 0 saturated heterocycles. The van der Waals surface area contributed by atoms with Gasteiger partial charge in [0.05, 0.1) is 14.2 Å². The summed E-state index contributed by atoms with van der Waals surface area (Å²) < 4.78 is 9.85. The van der Waals surface area contributed by atoms with E-state index in [1.807, 2.05) is 18.2 Å². The molecular formula is C17H18O4. The van der Waals surface area contributed by atoms with Gasteiger partial charge in [-0.15, -0.1) is 0 Å². The predicted octanol–water partition coefficient (Wildman–Crippen LogP) is 2.37. The zero-order chi connectivity index (χ0) is 15.0. The molecule has 0 saturated carbocycles. The van der Waals surface area contributed by atoms with Gasteiger partial charge in [0.15, 0.2) is 5.41 Å². The third-order valence-electron chi connectivity index (χ3n) is 4.74. The summed E-state index contributed by atoms with van der Waals surface area (Å²) in [6.07, 6.45) is 3.96. The smallest absolute Gasteiger partial charge is 0.324 e. The van der Waals surface area contributed by atoms with E-state index < -0.39 is 17.4 Å². The van der Waals surface area contributed by atoms with Gasteiger partial charge in [-0.3, -0.25) is 9.59 Å². The maximum atomic E-state index is 12.3. The van der Waals surface area contributed by atoms with Gasteiger partial charge < -0.3 is 9.47 Å². The number of ether oxygens (including phenoxy) is 2. The number of allylic oxidation sites excluding steroid dienone is 2. The molecule has 0 heterocycles. The average molecular weight is 286 g/mol. The summed E-state index contributed by atoms with van der Waals surface area (Å²) in [4.78, 5) is 24.7. The van der Waals surface area contributed by atoms with Crippen LogP contribution in [0.4, 0.5) is 0 Å². The van der Waals surface area contributed by atoms with E-state index in [2.05, 4.69) is 12.1 Å². The first kappa shape index (κ1) is 13.9. The summed E-state index contributed by atoms with van der Waals surface area (Å²) in [5.41, 5.74) is 2.27. The summed E-state index contributed by atoms with van der Waals surface area (Å²) in [5.74, 6) is -1.15. The number of fused-ring (bicyclic) bond motifs is 3. The molecule has 0 amide bonds. The summed E-state index contributed by atoms with van der Waals surface area (Å²) in [7, 11) is 2.64. The molecule has 0 fully saturated rings. The van der Waals surface area contributed by atoms with Crippen molar-refractivity contribution in [3.8, 4) is 0 Å². The van der Waals surface area contributed by atoms with Crippen molar-refractivity contribution < 1.29 is 19.1 Å². The van der Waals surface area contributed by atoms with Gasteiger partial charge in [-0.2, -0.15) is 0 Å². The Kier molecular flexibility index (Phi) is 3.32. The first-order valence-electron chi connectivity index (χ1n) is 7.10. The lowest BCUT2D eigenvalue weighted by Crippen LogP contribution is -2.45. The van der Waals surface area contributed by atoms with Crippen molar-refractivity contribution in [2.45, 2.75) is 19.3 Å². The molecule has 1 atom stereocenters. The number of esters is 2. The van der Waals surface area contributed by atoms with E-state index in [9.17, 15) is 9.59 Å². The number of hydrogen-bond donors (Lipinski definition) is 0. The van der Waals surface area contributed by atoms with Gasteiger partial charge in [0.1, 0.15) is 0 Å². The van der Waals surface area contributed by atoms with Crippen LogP contribution in [0.15, 0.2) is 30.3 Å². The van der Waals surface area contributed by atoms with E-state index in [-0.39, 0.29) is 5.92 Å². The Morgan fingerprint density at radius 3 is 2.48 bits per heavy atom. The van der Waals surface area contributed by atoms with Crippen LogP contribution in [-0.2, 0) is 25.5 Å². The molecule has 0 N–H and O–H groups in total. The minimum absolute atomic E-state index is 0.160. The highest BCUT2D eigenvalue weighted by atomic mass is 16.5. The second kappa shape index (κ2) is 5.02. The minimum atomic E-state index is -1.22. The zero-order valence-corrected chi connectivity index (χ0v) is 12.2. The SMILES string of the molecule is COC(=O)C1(C(=O)OC)CC=C2c3ccccc3CCC21. The summed E-state index contributed by atoms with van der Waals surface area (Å²) in [5, 5.41) is 0. The van der Waals surface area contributed by atoms with E-state index in [1.165, 1.54) is 19.8 Å². The number of aryl methyl sites for hydroxylation is 1. The van der Waals surface area contributed by atoms with Gasteiger partial charge in [-0.1, -0.05) is 30.3 Å². The molecule has 0 spiro atoms. The molecule has 4 nitrogen and oxygen atoms in total. The Morgan fingerprint density at radius 2 is 1.81 bits per heavy atom. The molecular weight excluding hydrogens is 268 g/mol. The molecule has 0 aliphatic heterocycles. The van der Waals surface area contributed by atoms with Gasteiger partial charge >= 0.3 is 11.9 Å². The highest BCUT2D eigenvalue weighted by Gasteiger charge is 2.58. The lowest BCUT2D eigenvalue weighted by atomic mass is 9.68. The third kappa shape index (κ3) is 1.82. The topological polar surface area (TPSA) is 52.6 Å².